The molecule has 0 saturated carbocycles. The smallest absolute Gasteiger partial charge is 0.345 e. The Morgan fingerprint density at radius 3 is 2.78 bits per heavy atom. The fraction of sp³-hybridized carbons (Fsp3) is 0.579. The van der Waals surface area contributed by atoms with Crippen LogP contribution >= 0.6 is 0 Å². The number of carbonyl (C=O) groups excluding carboxylic acids is 1. The second-order valence-electron chi connectivity index (χ2n) is 7.62. The first-order chi connectivity index (χ1) is 12.8. The molecule has 1 unspecified atom stereocenters. The molecule has 0 aromatic carbocycles. The molecule has 0 aliphatic carbocycles. The van der Waals surface area contributed by atoms with Crippen molar-refractivity contribution in [2.75, 3.05) is 0 Å². The molecule has 0 fully saturated rings. The zero-order valence-corrected chi connectivity index (χ0v) is 16.1. The number of amides is 1. The topological polar surface area (TPSA) is 90.9 Å². The highest BCUT2D eigenvalue weighted by Crippen LogP contribution is 2.13. The highest BCUT2D eigenvalue weighted by molar-refractivity contribution is 5.94. The zero-order valence-electron chi connectivity index (χ0n) is 16.1. The van der Waals surface area contributed by atoms with Gasteiger partial charge >= 0.3 is 5.69 Å². The molecule has 0 radical (unpaired) electrons. The molecule has 8 heteroatoms. The minimum absolute atomic E-state index is 0.0278. The first-order valence-electron chi connectivity index (χ1n) is 9.49. The Bertz CT molecular complexity index is 938. The van der Waals surface area contributed by atoms with Gasteiger partial charge in [-0.2, -0.15) is 5.10 Å². The third-order valence-corrected chi connectivity index (χ3v) is 5.02. The molecule has 1 atom stereocenters. The summed E-state index contributed by atoms with van der Waals surface area (Å²) in [5, 5.41) is 7.51. The van der Waals surface area contributed by atoms with Crippen LogP contribution in [0.25, 0.3) is 0 Å². The SMILES string of the molecule is CC(C)CCn1nc2n(c1=O)CCC(NC(=O)c1ccc(=O)n(C)c1)CC2. The summed E-state index contributed by atoms with van der Waals surface area (Å²) in [5.41, 5.74) is 0.242. The van der Waals surface area contributed by atoms with Gasteiger partial charge in [0, 0.05) is 44.9 Å². The Labute approximate surface area is 157 Å². The Hall–Kier alpha value is -2.64. The predicted molar refractivity (Wildman–Crippen MR) is 102 cm³/mol. The fourth-order valence-corrected chi connectivity index (χ4v) is 3.30. The standard InChI is InChI=1S/C19H27N5O3/c1-13(2)8-11-24-19(27)23-10-9-15(5-6-16(23)21-24)20-18(26)14-4-7-17(25)22(3)12-14/h4,7,12-13,15H,5-6,8-11H2,1-3H3,(H,20,26). The van der Waals surface area contributed by atoms with E-state index in [1.807, 2.05) is 0 Å². The van der Waals surface area contributed by atoms with E-state index in [1.165, 1.54) is 22.9 Å². The number of nitrogens with one attached hydrogen (secondary N) is 1. The minimum atomic E-state index is -0.204. The molecule has 1 N–H and O–H groups in total. The van der Waals surface area contributed by atoms with Crippen LogP contribution in [-0.2, 0) is 26.6 Å². The molecule has 2 aromatic heterocycles. The highest BCUT2D eigenvalue weighted by atomic mass is 16.2. The summed E-state index contributed by atoms with van der Waals surface area (Å²) in [7, 11) is 1.62. The summed E-state index contributed by atoms with van der Waals surface area (Å²) in [6.07, 6.45) is 4.53. The summed E-state index contributed by atoms with van der Waals surface area (Å²) in [4.78, 5) is 36.5. The average Bonchev–Trinajstić information content (AvgIpc) is 2.79. The lowest BCUT2D eigenvalue weighted by atomic mass is 10.1. The molecular weight excluding hydrogens is 346 g/mol. The number of nitrogens with zero attached hydrogens (tertiary/aromatic N) is 4. The number of pyridine rings is 1. The van der Waals surface area contributed by atoms with Crippen LogP contribution < -0.4 is 16.6 Å². The Balaban J connectivity index is 1.65. The van der Waals surface area contributed by atoms with Gasteiger partial charge in [0.25, 0.3) is 5.91 Å². The molecule has 146 valence electrons. The Morgan fingerprint density at radius 2 is 2.07 bits per heavy atom. The van der Waals surface area contributed by atoms with Crippen molar-refractivity contribution >= 4 is 5.91 Å². The Kier molecular flexibility index (Phi) is 5.62. The first kappa shape index (κ1) is 19.1. The zero-order chi connectivity index (χ0) is 19.6. The summed E-state index contributed by atoms with van der Waals surface area (Å²) in [6.45, 7) is 5.45. The van der Waals surface area contributed by atoms with Crippen LogP contribution in [0.1, 0.15) is 49.3 Å². The van der Waals surface area contributed by atoms with Crippen LogP contribution in [0.2, 0.25) is 0 Å². The van der Waals surface area contributed by atoms with Crippen molar-refractivity contribution in [3.05, 3.63) is 50.6 Å². The molecule has 2 aromatic rings. The van der Waals surface area contributed by atoms with Crippen LogP contribution in [0.15, 0.2) is 27.9 Å². The van der Waals surface area contributed by atoms with E-state index in [0.29, 0.717) is 37.4 Å². The molecule has 1 aliphatic rings. The summed E-state index contributed by atoms with van der Waals surface area (Å²) in [6, 6.07) is 2.89. The van der Waals surface area contributed by atoms with E-state index in [2.05, 4.69) is 24.3 Å². The fourth-order valence-electron chi connectivity index (χ4n) is 3.30. The van der Waals surface area contributed by atoms with Crippen molar-refractivity contribution in [1.82, 2.24) is 24.2 Å². The Morgan fingerprint density at radius 1 is 1.30 bits per heavy atom. The van der Waals surface area contributed by atoms with Crippen molar-refractivity contribution in [1.29, 1.82) is 0 Å². The summed E-state index contributed by atoms with van der Waals surface area (Å²) in [5.74, 6) is 1.11. The normalized spacial score (nSPS) is 16.8. The molecule has 0 spiro atoms. The quantitative estimate of drug-likeness (QED) is 0.844. The molecule has 1 aliphatic heterocycles. The van der Waals surface area contributed by atoms with E-state index in [-0.39, 0.29) is 23.2 Å². The van der Waals surface area contributed by atoms with E-state index >= 15 is 0 Å². The second-order valence-corrected chi connectivity index (χ2v) is 7.62. The van der Waals surface area contributed by atoms with Crippen LogP contribution in [0.5, 0.6) is 0 Å². The largest absolute Gasteiger partial charge is 0.349 e. The van der Waals surface area contributed by atoms with Gasteiger partial charge in [-0.25, -0.2) is 9.48 Å². The van der Waals surface area contributed by atoms with Crippen molar-refractivity contribution in [3.8, 4) is 0 Å². The average molecular weight is 373 g/mol. The van der Waals surface area contributed by atoms with Crippen LogP contribution in [-0.4, -0.2) is 30.9 Å². The third kappa shape index (κ3) is 4.37. The van der Waals surface area contributed by atoms with Gasteiger partial charge in [-0.3, -0.25) is 14.2 Å². The molecular formula is C19H27N5O3. The number of rotatable bonds is 5. The first-order valence-corrected chi connectivity index (χ1v) is 9.49. The third-order valence-electron chi connectivity index (χ3n) is 5.02. The molecule has 27 heavy (non-hydrogen) atoms. The monoisotopic (exact) mass is 373 g/mol. The number of aromatic nitrogens is 4. The maximum Gasteiger partial charge on any atom is 0.345 e. The van der Waals surface area contributed by atoms with E-state index in [0.717, 1.165) is 18.7 Å². The van der Waals surface area contributed by atoms with Gasteiger partial charge in [-0.15, -0.1) is 0 Å². The van der Waals surface area contributed by atoms with Gasteiger partial charge < -0.3 is 9.88 Å². The molecule has 0 saturated heterocycles. The van der Waals surface area contributed by atoms with Crippen LogP contribution in [0, 0.1) is 5.92 Å². The van der Waals surface area contributed by atoms with Gasteiger partial charge in [-0.1, -0.05) is 13.8 Å². The molecule has 0 bridgehead atoms. The van der Waals surface area contributed by atoms with Gasteiger partial charge in [0.1, 0.15) is 5.82 Å². The lowest BCUT2D eigenvalue weighted by Gasteiger charge is -2.16. The number of aryl methyl sites for hydroxylation is 3. The van der Waals surface area contributed by atoms with Crippen molar-refractivity contribution in [3.63, 3.8) is 0 Å². The molecule has 8 nitrogen and oxygen atoms in total. The lowest BCUT2D eigenvalue weighted by Crippen LogP contribution is -2.36. The maximum atomic E-state index is 12.5. The van der Waals surface area contributed by atoms with Gasteiger partial charge in [0.15, 0.2) is 0 Å². The molecule has 3 rings (SSSR count). The van der Waals surface area contributed by atoms with Crippen molar-refractivity contribution in [2.45, 2.75) is 58.7 Å². The van der Waals surface area contributed by atoms with Gasteiger partial charge in [0.2, 0.25) is 5.56 Å². The summed E-state index contributed by atoms with van der Waals surface area (Å²) < 4.78 is 4.69. The number of hydrogen-bond acceptors (Lipinski definition) is 4. The van der Waals surface area contributed by atoms with E-state index in [9.17, 15) is 14.4 Å². The van der Waals surface area contributed by atoms with E-state index < -0.39 is 0 Å². The van der Waals surface area contributed by atoms with E-state index in [1.54, 1.807) is 16.3 Å². The van der Waals surface area contributed by atoms with Crippen molar-refractivity contribution < 1.29 is 4.79 Å². The predicted octanol–water partition coefficient (Wildman–Crippen LogP) is 0.925. The van der Waals surface area contributed by atoms with Crippen molar-refractivity contribution in [2.24, 2.45) is 13.0 Å². The molecule has 1 amide bonds. The number of hydrogen-bond donors (Lipinski definition) is 1. The maximum absolute atomic E-state index is 12.5. The molecule has 3 heterocycles. The lowest BCUT2D eigenvalue weighted by molar-refractivity contribution is 0.0932. The van der Waals surface area contributed by atoms with Gasteiger partial charge in [-0.05, 0) is 31.2 Å². The van der Waals surface area contributed by atoms with Gasteiger partial charge in [0.05, 0.1) is 5.56 Å². The number of carbonyl (C=O) groups is 1. The van der Waals surface area contributed by atoms with Crippen LogP contribution in [0.3, 0.4) is 0 Å². The minimum Gasteiger partial charge on any atom is -0.349 e. The highest BCUT2D eigenvalue weighted by Gasteiger charge is 2.22. The van der Waals surface area contributed by atoms with E-state index in [4.69, 9.17) is 0 Å². The second kappa shape index (κ2) is 7.94. The number of fused-ring (bicyclic) bond motifs is 1. The summed E-state index contributed by atoms with van der Waals surface area (Å²) >= 11 is 0. The van der Waals surface area contributed by atoms with Crippen LogP contribution in [0.4, 0.5) is 0 Å².